The quantitative estimate of drug-likeness (QED) is 0.103. The number of H-pyrrole nitrogens is 1. The number of amides is 4. The van der Waals surface area contributed by atoms with Crippen molar-refractivity contribution in [3.63, 3.8) is 0 Å². The number of carboxylic acid groups (broad SMARTS) is 1. The van der Waals surface area contributed by atoms with E-state index in [1.54, 1.807) is 18.2 Å². The standard InChI is InChI=1S/C21H23N9O6S2/c22-13(32)5-4-12(38-21-26-28-29-27-21)11-7-37-19-15(18(34)30(19)16(11)20(35)36)25-17(33)14(23)9-2-1-3-10(6-9)24-8-31/h1-3,6,8,12,14-15,19H,4-5,7,23H2,(H2,22,32)(H,24,31)(H,25,33)(H,35,36)(H,26,27,28,29)/t12?,14?,15?,19-/m0/s1. The number of carbonyl (C=O) groups excluding carboxylic acids is 4. The second kappa shape index (κ2) is 11.6. The number of β-lactam (4-membered cyclic amide) rings is 1. The number of hydrogen-bond acceptors (Lipinski definition) is 11. The number of thioether (sulfide) groups is 2. The summed E-state index contributed by atoms with van der Waals surface area (Å²) in [5, 5.41) is 27.7. The molecule has 15 nitrogen and oxygen atoms in total. The third-order valence-electron chi connectivity index (χ3n) is 5.87. The first-order valence-electron chi connectivity index (χ1n) is 11.2. The molecular weight excluding hydrogens is 538 g/mol. The maximum absolute atomic E-state index is 13.1. The van der Waals surface area contributed by atoms with Gasteiger partial charge in [-0.05, 0) is 34.9 Å². The molecule has 4 atom stereocenters. The number of benzene rings is 1. The number of aromatic amines is 1. The molecule has 200 valence electrons. The molecular formula is C21H23N9O6S2. The van der Waals surface area contributed by atoms with Crippen LogP contribution in [-0.2, 0) is 24.0 Å². The van der Waals surface area contributed by atoms with Crippen molar-refractivity contribution in [1.29, 1.82) is 0 Å². The average molecular weight is 562 g/mol. The molecule has 2 aliphatic heterocycles. The summed E-state index contributed by atoms with van der Waals surface area (Å²) in [6.07, 6.45) is 0.669. The van der Waals surface area contributed by atoms with Crippen LogP contribution in [0.4, 0.5) is 5.69 Å². The van der Waals surface area contributed by atoms with Crippen LogP contribution in [0.15, 0.2) is 40.7 Å². The minimum Gasteiger partial charge on any atom is -0.477 e. The van der Waals surface area contributed by atoms with Crippen molar-refractivity contribution in [1.82, 2.24) is 30.8 Å². The SMILES string of the molecule is NC(=O)CCC(Sc1nn[nH]n1)C1=C(C(=O)O)N2C(=O)C(NC(=O)C(N)c3cccc(NC=O)c3)[C@@H]2SC1. The Morgan fingerprint density at radius 2 is 2.16 bits per heavy atom. The fourth-order valence-corrected chi connectivity index (χ4v) is 6.62. The van der Waals surface area contributed by atoms with Crippen molar-refractivity contribution < 1.29 is 29.1 Å². The van der Waals surface area contributed by atoms with Crippen LogP contribution in [0, 0.1) is 0 Å². The van der Waals surface area contributed by atoms with Gasteiger partial charge in [-0.25, -0.2) is 4.79 Å². The number of nitrogens with one attached hydrogen (secondary N) is 3. The Morgan fingerprint density at radius 1 is 1.37 bits per heavy atom. The largest absolute Gasteiger partial charge is 0.477 e. The number of tetrazole rings is 1. The van der Waals surface area contributed by atoms with Gasteiger partial charge >= 0.3 is 5.97 Å². The second-order valence-electron chi connectivity index (χ2n) is 8.25. The molecule has 2 aliphatic rings. The molecule has 3 heterocycles. The maximum atomic E-state index is 13.1. The number of anilines is 1. The number of nitrogens with two attached hydrogens (primary N) is 2. The van der Waals surface area contributed by atoms with Gasteiger partial charge < -0.3 is 27.2 Å². The molecule has 1 aromatic heterocycles. The van der Waals surface area contributed by atoms with Gasteiger partial charge in [0, 0.05) is 23.1 Å². The number of carbonyl (C=O) groups is 5. The third-order valence-corrected chi connectivity index (χ3v) is 8.36. The van der Waals surface area contributed by atoms with Gasteiger partial charge in [0.25, 0.3) is 5.91 Å². The molecule has 0 bridgehead atoms. The zero-order valence-electron chi connectivity index (χ0n) is 19.6. The van der Waals surface area contributed by atoms with Crippen LogP contribution in [-0.4, -0.2) is 83.2 Å². The van der Waals surface area contributed by atoms with E-state index in [9.17, 15) is 29.1 Å². The van der Waals surface area contributed by atoms with Crippen LogP contribution in [0.25, 0.3) is 0 Å². The number of rotatable bonds is 12. The predicted molar refractivity (Wildman–Crippen MR) is 135 cm³/mol. The Kier molecular flexibility index (Phi) is 8.28. The Labute approximate surface area is 223 Å². The van der Waals surface area contributed by atoms with Crippen LogP contribution in [0.5, 0.6) is 0 Å². The average Bonchev–Trinajstić information content (AvgIpc) is 3.41. The normalized spacial score (nSPS) is 20.1. The summed E-state index contributed by atoms with van der Waals surface area (Å²) in [5.41, 5.74) is 12.4. The monoisotopic (exact) mass is 561 g/mol. The smallest absolute Gasteiger partial charge is 0.352 e. The summed E-state index contributed by atoms with van der Waals surface area (Å²) in [6.45, 7) is 0. The van der Waals surface area contributed by atoms with Crippen LogP contribution < -0.4 is 22.1 Å². The van der Waals surface area contributed by atoms with Gasteiger partial charge in [0.1, 0.15) is 23.2 Å². The third kappa shape index (κ3) is 5.63. The van der Waals surface area contributed by atoms with Crippen molar-refractivity contribution in [2.24, 2.45) is 11.5 Å². The van der Waals surface area contributed by atoms with Crippen molar-refractivity contribution >= 4 is 59.3 Å². The van der Waals surface area contributed by atoms with Crippen molar-refractivity contribution in [2.45, 2.75) is 40.7 Å². The molecule has 4 amide bonds. The summed E-state index contributed by atoms with van der Waals surface area (Å²) in [4.78, 5) is 61.5. The van der Waals surface area contributed by atoms with Crippen molar-refractivity contribution in [2.75, 3.05) is 11.1 Å². The van der Waals surface area contributed by atoms with E-state index in [2.05, 4.69) is 31.3 Å². The Balaban J connectivity index is 1.52. The van der Waals surface area contributed by atoms with E-state index in [-0.39, 0.29) is 29.4 Å². The molecule has 4 rings (SSSR count). The van der Waals surface area contributed by atoms with Crippen LogP contribution >= 0.6 is 23.5 Å². The fourth-order valence-electron chi connectivity index (χ4n) is 4.08. The second-order valence-corrected chi connectivity index (χ2v) is 10.5. The van der Waals surface area contributed by atoms with Gasteiger partial charge in [0.2, 0.25) is 23.4 Å². The number of hydrogen-bond donors (Lipinski definition) is 6. The fraction of sp³-hybridized carbons (Fsp3) is 0.333. The Bertz CT molecular complexity index is 1290. The Hall–Kier alpha value is -3.96. The molecule has 0 spiro atoms. The van der Waals surface area contributed by atoms with Crippen molar-refractivity contribution in [3.8, 4) is 0 Å². The topological polar surface area (TPSA) is 239 Å². The van der Waals surface area contributed by atoms with E-state index in [4.69, 9.17) is 11.5 Å². The first kappa shape index (κ1) is 27.1. The van der Waals surface area contributed by atoms with Gasteiger partial charge in [-0.1, -0.05) is 23.9 Å². The molecule has 0 aliphatic carbocycles. The molecule has 1 aromatic carbocycles. The minimum absolute atomic E-state index is 0.0197. The molecule has 1 fully saturated rings. The number of nitrogens with zero attached hydrogens (tertiary/aromatic N) is 4. The van der Waals surface area contributed by atoms with Crippen LogP contribution in [0.1, 0.15) is 24.4 Å². The molecule has 17 heteroatoms. The zero-order valence-corrected chi connectivity index (χ0v) is 21.2. The van der Waals surface area contributed by atoms with Gasteiger partial charge in [0.05, 0.1) is 0 Å². The lowest BCUT2D eigenvalue weighted by molar-refractivity contribution is -0.150. The molecule has 8 N–H and O–H groups in total. The summed E-state index contributed by atoms with van der Waals surface area (Å²) >= 11 is 2.38. The Morgan fingerprint density at radius 3 is 2.82 bits per heavy atom. The van der Waals surface area contributed by atoms with E-state index < -0.39 is 46.4 Å². The van der Waals surface area contributed by atoms with E-state index in [1.807, 2.05) is 0 Å². The van der Waals surface area contributed by atoms with E-state index >= 15 is 0 Å². The predicted octanol–water partition coefficient (Wildman–Crippen LogP) is -1.07. The van der Waals surface area contributed by atoms with Crippen LogP contribution in [0.2, 0.25) is 0 Å². The van der Waals surface area contributed by atoms with Crippen LogP contribution in [0.3, 0.4) is 0 Å². The van der Waals surface area contributed by atoms with Gasteiger partial charge in [-0.2, -0.15) is 5.21 Å². The number of primary amides is 1. The summed E-state index contributed by atoms with van der Waals surface area (Å²) < 4.78 is 0. The zero-order chi connectivity index (χ0) is 27.4. The maximum Gasteiger partial charge on any atom is 0.352 e. The lowest BCUT2D eigenvalue weighted by Crippen LogP contribution is -2.71. The number of fused-ring (bicyclic) bond motifs is 1. The summed E-state index contributed by atoms with van der Waals surface area (Å²) in [6, 6.07) is 4.27. The number of aliphatic carboxylic acids is 1. The van der Waals surface area contributed by atoms with Crippen molar-refractivity contribution in [3.05, 3.63) is 41.1 Å². The molecule has 2 aromatic rings. The molecule has 38 heavy (non-hydrogen) atoms. The van der Waals surface area contributed by atoms with E-state index in [1.165, 1.54) is 17.8 Å². The number of carboxylic acids is 1. The highest BCUT2D eigenvalue weighted by Crippen LogP contribution is 2.44. The highest BCUT2D eigenvalue weighted by atomic mass is 32.2. The number of aromatic nitrogens is 4. The molecule has 3 unspecified atom stereocenters. The highest BCUT2D eigenvalue weighted by Gasteiger charge is 2.55. The van der Waals surface area contributed by atoms with E-state index in [0.29, 0.717) is 23.2 Å². The molecule has 0 radical (unpaired) electrons. The molecule has 0 saturated carbocycles. The van der Waals surface area contributed by atoms with Gasteiger partial charge in [-0.3, -0.25) is 24.1 Å². The first-order valence-corrected chi connectivity index (χ1v) is 13.1. The molecule has 1 saturated heterocycles. The summed E-state index contributed by atoms with van der Waals surface area (Å²) in [7, 11) is 0. The van der Waals surface area contributed by atoms with E-state index in [0.717, 1.165) is 16.7 Å². The highest BCUT2D eigenvalue weighted by molar-refractivity contribution is 8.01. The lowest BCUT2D eigenvalue weighted by Gasteiger charge is -2.50. The lowest BCUT2D eigenvalue weighted by atomic mass is 9.99. The minimum atomic E-state index is -1.32. The van der Waals surface area contributed by atoms with Gasteiger partial charge in [-0.15, -0.1) is 22.0 Å². The first-order chi connectivity index (χ1) is 18.2. The van der Waals surface area contributed by atoms with Gasteiger partial charge in [0.15, 0.2) is 0 Å². The summed E-state index contributed by atoms with van der Waals surface area (Å²) in [5.74, 6) is -2.91.